The van der Waals surface area contributed by atoms with Gasteiger partial charge < -0.3 is 5.73 Å². The van der Waals surface area contributed by atoms with E-state index < -0.39 is 10.0 Å². The summed E-state index contributed by atoms with van der Waals surface area (Å²) in [5.74, 6) is 0. The van der Waals surface area contributed by atoms with E-state index >= 15 is 0 Å². The molecule has 0 aliphatic rings. The maximum atomic E-state index is 12.3. The Morgan fingerprint density at radius 1 is 1.35 bits per heavy atom. The molecule has 0 atom stereocenters. The van der Waals surface area contributed by atoms with Crippen LogP contribution in [0.1, 0.15) is 4.88 Å². The van der Waals surface area contributed by atoms with Crippen LogP contribution < -0.4 is 10.5 Å². The molecule has 0 bridgehead atoms. The summed E-state index contributed by atoms with van der Waals surface area (Å²) < 4.78 is 27.8. The third-order valence-electron chi connectivity index (χ3n) is 2.54. The standard InChI is InChI=1S/C12H13BrN2O2S3/c1-18-9-4-2-8(3-5-9)15-20(16,17)11-6-10(7-14)19-12(11)13/h2-6,15H,7,14H2,1H3. The van der Waals surface area contributed by atoms with Gasteiger partial charge in [0, 0.05) is 22.0 Å². The molecular formula is C12H13BrN2O2S3. The van der Waals surface area contributed by atoms with Crippen LogP contribution >= 0.6 is 39.0 Å². The molecule has 2 rings (SSSR count). The average molecular weight is 393 g/mol. The van der Waals surface area contributed by atoms with Crippen molar-refractivity contribution in [3.63, 3.8) is 0 Å². The molecule has 108 valence electrons. The van der Waals surface area contributed by atoms with Gasteiger partial charge in [-0.1, -0.05) is 0 Å². The minimum absolute atomic E-state index is 0.219. The molecule has 0 aliphatic carbocycles. The first kappa shape index (κ1) is 15.8. The van der Waals surface area contributed by atoms with Crippen molar-refractivity contribution in [1.29, 1.82) is 0 Å². The van der Waals surface area contributed by atoms with Crippen LogP contribution in [0.25, 0.3) is 0 Å². The Labute approximate surface area is 134 Å². The van der Waals surface area contributed by atoms with Gasteiger partial charge in [-0.15, -0.1) is 23.1 Å². The van der Waals surface area contributed by atoms with E-state index in [0.29, 0.717) is 16.0 Å². The molecule has 4 nitrogen and oxygen atoms in total. The van der Waals surface area contributed by atoms with Gasteiger partial charge in [-0.2, -0.15) is 0 Å². The van der Waals surface area contributed by atoms with Gasteiger partial charge in [-0.3, -0.25) is 4.72 Å². The second-order valence-corrected chi connectivity index (χ2v) is 8.87. The fraction of sp³-hybridized carbons (Fsp3) is 0.167. The lowest BCUT2D eigenvalue weighted by molar-refractivity contribution is 0.601. The van der Waals surface area contributed by atoms with E-state index in [1.165, 1.54) is 11.3 Å². The van der Waals surface area contributed by atoms with Gasteiger partial charge in [0.2, 0.25) is 0 Å². The number of halogens is 1. The van der Waals surface area contributed by atoms with Crippen molar-refractivity contribution in [2.45, 2.75) is 16.3 Å². The zero-order chi connectivity index (χ0) is 14.8. The number of hydrogen-bond acceptors (Lipinski definition) is 5. The van der Waals surface area contributed by atoms with Crippen molar-refractivity contribution in [2.24, 2.45) is 5.73 Å². The molecule has 3 N–H and O–H groups in total. The number of anilines is 1. The maximum Gasteiger partial charge on any atom is 0.263 e. The Bertz CT molecular complexity index is 696. The molecule has 0 unspecified atom stereocenters. The van der Waals surface area contributed by atoms with Crippen molar-refractivity contribution < 1.29 is 8.42 Å². The fourth-order valence-electron chi connectivity index (χ4n) is 1.55. The molecule has 0 aliphatic heterocycles. The number of rotatable bonds is 5. The third-order valence-corrected chi connectivity index (χ3v) is 6.94. The smallest absolute Gasteiger partial charge is 0.263 e. The molecule has 0 saturated carbocycles. The summed E-state index contributed by atoms with van der Waals surface area (Å²) >= 11 is 6.20. The van der Waals surface area contributed by atoms with Crippen LogP contribution in [-0.2, 0) is 16.6 Å². The minimum Gasteiger partial charge on any atom is -0.326 e. The zero-order valence-electron chi connectivity index (χ0n) is 10.6. The fourth-order valence-corrected chi connectivity index (χ4v) is 5.58. The monoisotopic (exact) mass is 392 g/mol. The third kappa shape index (κ3) is 3.56. The molecule has 0 radical (unpaired) electrons. The van der Waals surface area contributed by atoms with Crippen molar-refractivity contribution in [3.05, 3.63) is 39.0 Å². The predicted molar refractivity (Wildman–Crippen MR) is 88.9 cm³/mol. The second kappa shape index (κ2) is 6.48. The lowest BCUT2D eigenvalue weighted by Gasteiger charge is -2.07. The Morgan fingerprint density at radius 2 is 2.00 bits per heavy atom. The van der Waals surface area contributed by atoms with Gasteiger partial charge in [-0.05, 0) is 52.5 Å². The van der Waals surface area contributed by atoms with Gasteiger partial charge >= 0.3 is 0 Å². The predicted octanol–water partition coefficient (Wildman–Crippen LogP) is 3.49. The number of sulfonamides is 1. The number of nitrogens with two attached hydrogens (primary N) is 1. The summed E-state index contributed by atoms with van der Waals surface area (Å²) in [4.78, 5) is 2.11. The number of hydrogen-bond donors (Lipinski definition) is 2. The van der Waals surface area contributed by atoms with E-state index in [1.54, 1.807) is 30.0 Å². The van der Waals surface area contributed by atoms with E-state index in [1.807, 2.05) is 18.4 Å². The molecule has 0 amide bonds. The summed E-state index contributed by atoms with van der Waals surface area (Å²) in [5, 5.41) is 0. The number of thiophene rings is 1. The van der Waals surface area contributed by atoms with Crippen LogP contribution in [0.2, 0.25) is 0 Å². The van der Waals surface area contributed by atoms with Crippen LogP contribution in [0.5, 0.6) is 0 Å². The van der Waals surface area contributed by atoms with E-state index in [-0.39, 0.29) is 4.90 Å². The number of thioether (sulfide) groups is 1. The van der Waals surface area contributed by atoms with Crippen LogP contribution in [0.4, 0.5) is 5.69 Å². The van der Waals surface area contributed by atoms with Crippen LogP contribution in [0, 0.1) is 0 Å². The topological polar surface area (TPSA) is 72.2 Å². The molecule has 0 fully saturated rings. The van der Waals surface area contributed by atoms with E-state index in [2.05, 4.69) is 20.7 Å². The first-order chi connectivity index (χ1) is 9.46. The lowest BCUT2D eigenvalue weighted by atomic mass is 10.3. The van der Waals surface area contributed by atoms with E-state index in [9.17, 15) is 8.42 Å². The van der Waals surface area contributed by atoms with Crippen LogP contribution in [0.3, 0.4) is 0 Å². The Hall–Kier alpha value is -0.540. The second-order valence-electron chi connectivity index (χ2n) is 3.89. The zero-order valence-corrected chi connectivity index (χ0v) is 14.6. The Balaban J connectivity index is 2.27. The van der Waals surface area contributed by atoms with Crippen molar-refractivity contribution in [1.82, 2.24) is 0 Å². The van der Waals surface area contributed by atoms with Crippen molar-refractivity contribution in [2.75, 3.05) is 11.0 Å². The Morgan fingerprint density at radius 3 is 2.50 bits per heavy atom. The minimum atomic E-state index is -3.60. The molecule has 0 saturated heterocycles. The van der Waals surface area contributed by atoms with E-state index in [0.717, 1.165) is 9.77 Å². The number of nitrogens with one attached hydrogen (secondary N) is 1. The quantitative estimate of drug-likeness (QED) is 0.763. The highest BCUT2D eigenvalue weighted by molar-refractivity contribution is 9.11. The molecule has 1 aromatic heterocycles. The molecule has 20 heavy (non-hydrogen) atoms. The summed E-state index contributed by atoms with van der Waals surface area (Å²) in [6, 6.07) is 8.82. The highest BCUT2D eigenvalue weighted by Gasteiger charge is 2.20. The normalized spacial score (nSPS) is 11.6. The first-order valence-electron chi connectivity index (χ1n) is 5.61. The number of benzene rings is 1. The highest BCUT2D eigenvalue weighted by atomic mass is 79.9. The molecule has 8 heteroatoms. The largest absolute Gasteiger partial charge is 0.326 e. The summed E-state index contributed by atoms with van der Waals surface area (Å²) in [7, 11) is -3.60. The van der Waals surface area contributed by atoms with Crippen molar-refractivity contribution in [3.8, 4) is 0 Å². The average Bonchev–Trinajstić information content (AvgIpc) is 2.81. The van der Waals surface area contributed by atoms with Gasteiger partial charge in [0.25, 0.3) is 10.0 Å². The molecule has 0 spiro atoms. The molecule has 1 heterocycles. The summed E-state index contributed by atoms with van der Waals surface area (Å²) in [6.07, 6.45) is 1.97. The maximum absolute atomic E-state index is 12.3. The first-order valence-corrected chi connectivity index (χ1v) is 9.93. The van der Waals surface area contributed by atoms with Gasteiger partial charge in [0.1, 0.15) is 4.90 Å². The summed E-state index contributed by atoms with van der Waals surface area (Å²) in [6.45, 7) is 0.321. The molecular weight excluding hydrogens is 380 g/mol. The lowest BCUT2D eigenvalue weighted by Crippen LogP contribution is -2.12. The van der Waals surface area contributed by atoms with Crippen molar-refractivity contribution >= 4 is 54.7 Å². The van der Waals surface area contributed by atoms with Crippen LogP contribution in [0.15, 0.2) is 43.9 Å². The summed E-state index contributed by atoms with van der Waals surface area (Å²) in [5.41, 5.74) is 6.07. The molecule has 1 aromatic carbocycles. The van der Waals surface area contributed by atoms with Gasteiger partial charge in [-0.25, -0.2) is 8.42 Å². The highest BCUT2D eigenvalue weighted by Crippen LogP contribution is 2.32. The SMILES string of the molecule is CSc1ccc(NS(=O)(=O)c2cc(CN)sc2Br)cc1. The van der Waals surface area contributed by atoms with Gasteiger partial charge in [0.15, 0.2) is 0 Å². The van der Waals surface area contributed by atoms with Gasteiger partial charge in [0.05, 0.1) is 3.79 Å². The van der Waals surface area contributed by atoms with E-state index in [4.69, 9.17) is 5.73 Å². The van der Waals surface area contributed by atoms with Crippen LogP contribution in [-0.4, -0.2) is 14.7 Å². The molecule has 2 aromatic rings. The Kier molecular flexibility index (Phi) is 5.14.